The quantitative estimate of drug-likeness (QED) is 0.617. The molecule has 0 atom stereocenters. The van der Waals surface area contributed by atoms with Gasteiger partial charge in [0.25, 0.3) is 0 Å². The van der Waals surface area contributed by atoms with Gasteiger partial charge in [-0.15, -0.1) is 0 Å². The highest BCUT2D eigenvalue weighted by Gasteiger charge is 2.32. The third kappa shape index (κ3) is 4.13. The minimum Gasteiger partial charge on any atom is -0.255 e. The zero-order chi connectivity index (χ0) is 21.6. The summed E-state index contributed by atoms with van der Waals surface area (Å²) in [5.41, 5.74) is -0.755. The Labute approximate surface area is 162 Å². The summed E-state index contributed by atoms with van der Waals surface area (Å²) in [6.45, 7) is 1.28. The van der Waals surface area contributed by atoms with Crippen LogP contribution < -0.4 is 5.14 Å². The van der Waals surface area contributed by atoms with Gasteiger partial charge >= 0.3 is 6.18 Å². The van der Waals surface area contributed by atoms with Crippen LogP contribution >= 0.6 is 0 Å². The number of rotatable bonds is 3. The fraction of sp³-hybridized carbons (Fsp3) is 0.105. The Morgan fingerprint density at radius 1 is 0.966 bits per heavy atom. The molecule has 3 aromatic rings. The highest BCUT2D eigenvalue weighted by molar-refractivity contribution is 7.89. The van der Waals surface area contributed by atoms with Gasteiger partial charge in [0.1, 0.15) is 16.5 Å². The van der Waals surface area contributed by atoms with E-state index in [1.54, 1.807) is 0 Å². The number of aryl methyl sites for hydroxylation is 1. The Morgan fingerprint density at radius 2 is 1.66 bits per heavy atom. The predicted octanol–water partition coefficient (Wildman–Crippen LogP) is 4.67. The molecule has 0 bridgehead atoms. The van der Waals surface area contributed by atoms with E-state index in [4.69, 9.17) is 5.14 Å². The second-order valence-corrected chi connectivity index (χ2v) is 7.76. The number of nitrogens with zero attached hydrogens (tertiary/aromatic N) is 1. The Hall–Kier alpha value is -2.85. The molecule has 3 rings (SSSR count). The van der Waals surface area contributed by atoms with Gasteiger partial charge in [-0.3, -0.25) is 4.98 Å². The molecule has 2 N–H and O–H groups in total. The molecule has 1 heterocycles. The fourth-order valence-electron chi connectivity index (χ4n) is 2.93. The lowest BCUT2D eigenvalue weighted by molar-refractivity contribution is -0.138. The van der Waals surface area contributed by atoms with Crippen LogP contribution in [0.3, 0.4) is 0 Å². The molecule has 0 spiro atoms. The van der Waals surface area contributed by atoms with E-state index < -0.39 is 38.3 Å². The first-order valence-electron chi connectivity index (χ1n) is 8.05. The van der Waals surface area contributed by atoms with Gasteiger partial charge in [0.05, 0.1) is 11.3 Å². The van der Waals surface area contributed by atoms with Gasteiger partial charge in [0.2, 0.25) is 10.0 Å². The first-order valence-corrected chi connectivity index (χ1v) is 9.59. The van der Waals surface area contributed by atoms with E-state index in [0.29, 0.717) is 17.7 Å². The number of primary sulfonamides is 1. The van der Waals surface area contributed by atoms with Crippen molar-refractivity contribution in [2.45, 2.75) is 18.0 Å². The summed E-state index contributed by atoms with van der Waals surface area (Å²) in [7, 11) is -4.48. The van der Waals surface area contributed by atoms with Gasteiger partial charge in [0.15, 0.2) is 0 Å². The molecule has 0 aliphatic heterocycles. The number of benzene rings is 2. The topological polar surface area (TPSA) is 73.0 Å². The van der Waals surface area contributed by atoms with E-state index in [1.807, 2.05) is 0 Å². The average Bonchev–Trinajstić information content (AvgIpc) is 2.61. The number of nitrogens with two attached hydrogens (primary N) is 1. The Balaban J connectivity index is 2.19. The van der Waals surface area contributed by atoms with E-state index in [9.17, 15) is 30.4 Å². The van der Waals surface area contributed by atoms with E-state index in [1.165, 1.54) is 37.4 Å². The molecule has 2 aromatic carbocycles. The van der Waals surface area contributed by atoms with E-state index in [0.717, 1.165) is 6.07 Å². The van der Waals surface area contributed by atoms with Gasteiger partial charge in [-0.1, -0.05) is 18.2 Å². The third-order valence-corrected chi connectivity index (χ3v) is 5.16. The largest absolute Gasteiger partial charge is 0.416 e. The summed E-state index contributed by atoms with van der Waals surface area (Å²) >= 11 is 0. The first kappa shape index (κ1) is 20.9. The predicted molar refractivity (Wildman–Crippen MR) is 96.1 cm³/mol. The summed E-state index contributed by atoms with van der Waals surface area (Å²) in [4.78, 5) is 3.00. The summed E-state index contributed by atoms with van der Waals surface area (Å²) in [6, 6.07) is 7.39. The molecule has 0 aliphatic rings. The number of alkyl halides is 3. The van der Waals surface area contributed by atoms with E-state index in [-0.39, 0.29) is 22.4 Å². The maximum absolute atomic E-state index is 14.6. The molecule has 1 aromatic heterocycles. The van der Waals surface area contributed by atoms with Gasteiger partial charge in [-0.25, -0.2) is 22.3 Å². The van der Waals surface area contributed by atoms with Crippen molar-refractivity contribution < 1.29 is 30.4 Å². The molecule has 10 heteroatoms. The highest BCUT2D eigenvalue weighted by atomic mass is 32.2. The van der Waals surface area contributed by atoms with Crippen LogP contribution in [-0.2, 0) is 16.2 Å². The fourth-order valence-corrected chi connectivity index (χ4v) is 3.53. The minimum atomic E-state index is -4.53. The number of pyridine rings is 1. The molecule has 0 aliphatic carbocycles. The molecule has 0 radical (unpaired) electrons. The lowest BCUT2D eigenvalue weighted by Gasteiger charge is -2.14. The average molecular weight is 428 g/mol. The molecule has 0 unspecified atom stereocenters. The molecular formula is C19H13F5N2O2S. The molecule has 29 heavy (non-hydrogen) atoms. The van der Waals surface area contributed by atoms with Gasteiger partial charge in [-0.05, 0) is 42.3 Å². The maximum Gasteiger partial charge on any atom is 0.416 e. The van der Waals surface area contributed by atoms with Gasteiger partial charge in [-0.2, -0.15) is 13.2 Å². The Bertz CT molecular complexity index is 1210. The summed E-state index contributed by atoms with van der Waals surface area (Å²) in [5.74, 6) is -2.37. The van der Waals surface area contributed by atoms with Crippen LogP contribution in [0.1, 0.15) is 11.1 Å². The van der Waals surface area contributed by atoms with Crippen molar-refractivity contribution in [2.24, 2.45) is 5.14 Å². The zero-order valence-corrected chi connectivity index (χ0v) is 15.6. The lowest BCUT2D eigenvalue weighted by Crippen LogP contribution is -2.14. The SMILES string of the molecule is Cc1cc(-c2cccnc2-c2cc(F)c(S(N)(=O)=O)cc2F)ccc1C(F)(F)F. The number of hydrogen-bond donors (Lipinski definition) is 1. The van der Waals surface area contributed by atoms with E-state index >= 15 is 0 Å². The standard InChI is InChI=1S/C19H13F5N2O2S/c1-10-7-11(4-5-14(10)19(22,23)24)12-3-2-6-26-18(12)13-8-16(21)17(9-15(13)20)29(25,27)28/h2-9H,1H3,(H2,25,27,28). The molecule has 0 saturated heterocycles. The minimum absolute atomic E-state index is 0.0546. The molecule has 0 amide bonds. The van der Waals surface area contributed by atoms with Crippen molar-refractivity contribution in [2.75, 3.05) is 0 Å². The summed E-state index contributed by atoms with van der Waals surface area (Å²) < 4.78 is 90.5. The second kappa shape index (κ2) is 7.20. The maximum atomic E-state index is 14.6. The van der Waals surface area contributed by atoms with Crippen LogP contribution in [0.2, 0.25) is 0 Å². The lowest BCUT2D eigenvalue weighted by atomic mass is 9.96. The van der Waals surface area contributed by atoms with Crippen LogP contribution in [0.15, 0.2) is 53.6 Å². The van der Waals surface area contributed by atoms with Crippen molar-refractivity contribution in [3.8, 4) is 22.4 Å². The van der Waals surface area contributed by atoms with Crippen LogP contribution in [0.25, 0.3) is 22.4 Å². The smallest absolute Gasteiger partial charge is 0.255 e. The number of halogens is 5. The highest BCUT2D eigenvalue weighted by Crippen LogP contribution is 2.37. The first-order chi connectivity index (χ1) is 13.4. The third-order valence-electron chi connectivity index (χ3n) is 4.23. The zero-order valence-electron chi connectivity index (χ0n) is 14.8. The summed E-state index contributed by atoms with van der Waals surface area (Å²) in [6.07, 6.45) is -3.24. The van der Waals surface area contributed by atoms with Crippen LogP contribution in [-0.4, -0.2) is 13.4 Å². The van der Waals surface area contributed by atoms with Gasteiger partial charge < -0.3 is 0 Å². The Morgan fingerprint density at radius 3 is 2.24 bits per heavy atom. The molecule has 152 valence electrons. The van der Waals surface area contributed by atoms with Crippen LogP contribution in [0.4, 0.5) is 22.0 Å². The van der Waals surface area contributed by atoms with Crippen molar-refractivity contribution in [3.63, 3.8) is 0 Å². The van der Waals surface area contributed by atoms with Crippen LogP contribution in [0.5, 0.6) is 0 Å². The number of aromatic nitrogens is 1. The molecule has 0 fully saturated rings. The molecular weight excluding hydrogens is 415 g/mol. The van der Waals surface area contributed by atoms with Crippen molar-refractivity contribution >= 4 is 10.0 Å². The normalized spacial score (nSPS) is 12.2. The second-order valence-electron chi connectivity index (χ2n) is 6.23. The monoisotopic (exact) mass is 428 g/mol. The number of sulfonamides is 1. The van der Waals surface area contributed by atoms with Crippen molar-refractivity contribution in [1.82, 2.24) is 4.98 Å². The van der Waals surface area contributed by atoms with E-state index in [2.05, 4.69) is 4.98 Å². The molecule has 0 saturated carbocycles. The summed E-state index contributed by atoms with van der Waals surface area (Å²) in [5, 5.41) is 4.86. The van der Waals surface area contributed by atoms with Crippen LogP contribution in [0, 0.1) is 18.6 Å². The van der Waals surface area contributed by atoms with Gasteiger partial charge in [0, 0.05) is 17.3 Å². The molecule has 4 nitrogen and oxygen atoms in total. The van der Waals surface area contributed by atoms with Crippen molar-refractivity contribution in [3.05, 3.63) is 71.4 Å². The number of hydrogen-bond acceptors (Lipinski definition) is 3. The van der Waals surface area contributed by atoms with Crippen molar-refractivity contribution in [1.29, 1.82) is 0 Å². The Kier molecular flexibility index (Phi) is 5.18.